The number of hydrogen-bond donors (Lipinski definition) is 1. The van der Waals surface area contributed by atoms with Crippen LogP contribution in [-0.2, 0) is 20.7 Å². The highest BCUT2D eigenvalue weighted by Crippen LogP contribution is 2.37. The minimum Gasteiger partial charge on any atom is -0.375 e. The lowest BCUT2D eigenvalue weighted by atomic mass is 9.79. The molecule has 0 aromatic heterocycles. The molecule has 1 heterocycles. The van der Waals surface area contributed by atoms with Crippen molar-refractivity contribution in [3.05, 3.63) is 59.7 Å². The topological polar surface area (TPSA) is 58.6 Å². The Bertz CT molecular complexity index is 920. The van der Waals surface area contributed by atoms with Crippen molar-refractivity contribution in [3.8, 4) is 11.1 Å². The first-order chi connectivity index (χ1) is 14.5. The number of benzene rings is 2. The average molecular weight is 407 g/mol. The molecule has 1 saturated carbocycles. The van der Waals surface area contributed by atoms with E-state index >= 15 is 0 Å². The predicted molar refractivity (Wildman–Crippen MR) is 117 cm³/mol. The molecule has 1 saturated heterocycles. The molecular weight excluding hydrogens is 376 g/mol. The second-order valence-corrected chi connectivity index (χ2v) is 8.77. The van der Waals surface area contributed by atoms with Crippen LogP contribution in [0.15, 0.2) is 48.5 Å². The molecule has 2 fully saturated rings. The molecule has 0 spiro atoms. The van der Waals surface area contributed by atoms with Gasteiger partial charge in [0.05, 0.1) is 5.41 Å². The molecule has 1 aliphatic carbocycles. The molecule has 30 heavy (non-hydrogen) atoms. The molecule has 2 aliphatic rings. The van der Waals surface area contributed by atoms with Crippen molar-refractivity contribution < 1.29 is 14.3 Å². The number of rotatable bonds is 7. The Morgan fingerprint density at radius 1 is 1.13 bits per heavy atom. The number of methoxy groups -OCH3 is 1. The first-order valence-corrected chi connectivity index (χ1v) is 10.7. The summed E-state index contributed by atoms with van der Waals surface area (Å²) in [4.78, 5) is 27.4. The van der Waals surface area contributed by atoms with Crippen LogP contribution in [0.5, 0.6) is 0 Å². The lowest BCUT2D eigenvalue weighted by Crippen LogP contribution is -2.46. The zero-order chi connectivity index (χ0) is 21.1. The summed E-state index contributed by atoms with van der Waals surface area (Å²) in [6.07, 6.45) is 3.41. The highest BCUT2D eigenvalue weighted by molar-refractivity contribution is 5.86. The van der Waals surface area contributed by atoms with Crippen LogP contribution in [0.4, 0.5) is 0 Å². The van der Waals surface area contributed by atoms with Crippen LogP contribution in [0, 0.1) is 12.3 Å². The molecule has 5 heteroatoms. The van der Waals surface area contributed by atoms with Gasteiger partial charge in [-0.2, -0.15) is 0 Å². The standard InChI is InChI=1S/C25H30N2O3/c1-18-6-8-20(9-7-18)21-5-3-4-19(14-21)15-25(24(29)26-22-10-11-22)12-13-27(17-25)23(28)16-30-2/h3-9,14,22H,10-13,15-17H2,1-2H3,(H,26,29). The first-order valence-electron chi connectivity index (χ1n) is 10.7. The third kappa shape index (κ3) is 4.57. The van der Waals surface area contributed by atoms with Crippen molar-refractivity contribution >= 4 is 11.8 Å². The van der Waals surface area contributed by atoms with Crippen LogP contribution >= 0.6 is 0 Å². The molecule has 1 N–H and O–H groups in total. The van der Waals surface area contributed by atoms with E-state index in [-0.39, 0.29) is 18.4 Å². The fourth-order valence-electron chi connectivity index (χ4n) is 4.27. The Morgan fingerprint density at radius 3 is 2.60 bits per heavy atom. The van der Waals surface area contributed by atoms with Crippen molar-refractivity contribution in [3.63, 3.8) is 0 Å². The molecule has 0 radical (unpaired) electrons. The van der Waals surface area contributed by atoms with E-state index in [1.807, 2.05) is 0 Å². The molecule has 5 nitrogen and oxygen atoms in total. The Kier molecular flexibility index (Phi) is 5.91. The number of amides is 2. The van der Waals surface area contributed by atoms with Gasteiger partial charge in [0.2, 0.25) is 11.8 Å². The van der Waals surface area contributed by atoms with Gasteiger partial charge in [-0.15, -0.1) is 0 Å². The summed E-state index contributed by atoms with van der Waals surface area (Å²) in [5.74, 6) is 0.0328. The van der Waals surface area contributed by atoms with Gasteiger partial charge in [-0.1, -0.05) is 54.1 Å². The minimum absolute atomic E-state index is 0.0491. The maximum Gasteiger partial charge on any atom is 0.248 e. The molecular formula is C25H30N2O3. The third-order valence-corrected chi connectivity index (χ3v) is 6.22. The molecule has 1 atom stereocenters. The zero-order valence-electron chi connectivity index (χ0n) is 17.8. The highest BCUT2D eigenvalue weighted by atomic mass is 16.5. The van der Waals surface area contributed by atoms with Crippen LogP contribution in [0.25, 0.3) is 11.1 Å². The van der Waals surface area contributed by atoms with Crippen LogP contribution < -0.4 is 5.32 Å². The van der Waals surface area contributed by atoms with Crippen LogP contribution in [0.3, 0.4) is 0 Å². The van der Waals surface area contributed by atoms with Gasteiger partial charge in [0.15, 0.2) is 0 Å². The van der Waals surface area contributed by atoms with E-state index in [1.54, 1.807) is 4.90 Å². The van der Waals surface area contributed by atoms with Crippen molar-refractivity contribution in [2.24, 2.45) is 5.41 Å². The van der Waals surface area contributed by atoms with Gasteiger partial charge in [-0.05, 0) is 49.3 Å². The molecule has 158 valence electrons. The molecule has 0 bridgehead atoms. The summed E-state index contributed by atoms with van der Waals surface area (Å²) in [5, 5.41) is 3.19. The van der Waals surface area contributed by atoms with E-state index in [1.165, 1.54) is 18.2 Å². The van der Waals surface area contributed by atoms with E-state index in [9.17, 15) is 9.59 Å². The molecule has 2 aromatic rings. The number of likely N-dealkylation sites (tertiary alicyclic amines) is 1. The molecule has 1 aliphatic heterocycles. The van der Waals surface area contributed by atoms with Gasteiger partial charge >= 0.3 is 0 Å². The third-order valence-electron chi connectivity index (χ3n) is 6.22. The Labute approximate surface area is 178 Å². The minimum atomic E-state index is -0.585. The quantitative estimate of drug-likeness (QED) is 0.767. The van der Waals surface area contributed by atoms with Gasteiger partial charge in [-0.3, -0.25) is 9.59 Å². The first kappa shape index (κ1) is 20.6. The van der Waals surface area contributed by atoms with Crippen LogP contribution in [0.2, 0.25) is 0 Å². The summed E-state index contributed by atoms with van der Waals surface area (Å²) in [6.45, 7) is 3.18. The highest BCUT2D eigenvalue weighted by Gasteiger charge is 2.47. The average Bonchev–Trinajstić information content (AvgIpc) is 3.45. The zero-order valence-corrected chi connectivity index (χ0v) is 17.8. The molecule has 1 unspecified atom stereocenters. The fraction of sp³-hybridized carbons (Fsp3) is 0.440. The SMILES string of the molecule is COCC(=O)N1CCC(Cc2cccc(-c3ccc(C)cc3)c2)(C(=O)NC2CC2)C1. The number of carbonyl (C=O) groups excluding carboxylic acids is 2. The lowest BCUT2D eigenvalue weighted by Gasteiger charge is -2.28. The Balaban J connectivity index is 1.57. The van der Waals surface area contributed by atoms with Gasteiger partial charge in [0.1, 0.15) is 6.61 Å². The van der Waals surface area contributed by atoms with E-state index in [0.717, 1.165) is 24.0 Å². The molecule has 4 rings (SSSR count). The van der Waals surface area contributed by atoms with E-state index in [2.05, 4.69) is 60.8 Å². The fourth-order valence-corrected chi connectivity index (χ4v) is 4.27. The summed E-state index contributed by atoms with van der Waals surface area (Å²) in [5.41, 5.74) is 4.09. The number of hydrogen-bond acceptors (Lipinski definition) is 3. The summed E-state index contributed by atoms with van der Waals surface area (Å²) in [6, 6.07) is 17.2. The number of carbonyl (C=O) groups is 2. The number of nitrogens with zero attached hydrogens (tertiary/aromatic N) is 1. The van der Waals surface area contributed by atoms with E-state index in [4.69, 9.17) is 4.74 Å². The summed E-state index contributed by atoms with van der Waals surface area (Å²) in [7, 11) is 1.53. The number of ether oxygens (including phenoxy) is 1. The maximum atomic E-state index is 13.3. The lowest BCUT2D eigenvalue weighted by molar-refractivity contribution is -0.136. The Hall–Kier alpha value is -2.66. The smallest absolute Gasteiger partial charge is 0.248 e. The van der Waals surface area contributed by atoms with Gasteiger partial charge in [0, 0.05) is 26.2 Å². The second-order valence-electron chi connectivity index (χ2n) is 8.77. The number of aryl methyl sites for hydroxylation is 1. The predicted octanol–water partition coefficient (Wildman–Crippen LogP) is 3.35. The Morgan fingerprint density at radius 2 is 1.90 bits per heavy atom. The molecule has 2 amide bonds. The van der Waals surface area contributed by atoms with Crippen molar-refractivity contribution in [1.82, 2.24) is 10.2 Å². The number of nitrogens with one attached hydrogen (secondary N) is 1. The van der Waals surface area contributed by atoms with E-state index in [0.29, 0.717) is 32.0 Å². The second kappa shape index (κ2) is 8.60. The van der Waals surface area contributed by atoms with Gasteiger partial charge < -0.3 is 15.0 Å². The van der Waals surface area contributed by atoms with Crippen molar-refractivity contribution in [2.75, 3.05) is 26.8 Å². The van der Waals surface area contributed by atoms with Crippen LogP contribution in [0.1, 0.15) is 30.4 Å². The maximum absolute atomic E-state index is 13.3. The van der Waals surface area contributed by atoms with Crippen molar-refractivity contribution in [2.45, 2.75) is 38.6 Å². The van der Waals surface area contributed by atoms with Gasteiger partial charge in [0.25, 0.3) is 0 Å². The van der Waals surface area contributed by atoms with Crippen LogP contribution in [-0.4, -0.2) is 49.6 Å². The van der Waals surface area contributed by atoms with E-state index < -0.39 is 5.41 Å². The monoisotopic (exact) mass is 406 g/mol. The summed E-state index contributed by atoms with van der Waals surface area (Å²) >= 11 is 0. The van der Waals surface area contributed by atoms with Crippen molar-refractivity contribution in [1.29, 1.82) is 0 Å². The summed E-state index contributed by atoms with van der Waals surface area (Å²) < 4.78 is 5.02. The molecule has 2 aromatic carbocycles. The van der Waals surface area contributed by atoms with Gasteiger partial charge in [-0.25, -0.2) is 0 Å². The largest absolute Gasteiger partial charge is 0.375 e. The normalized spacial score (nSPS) is 20.9.